The van der Waals surface area contributed by atoms with Gasteiger partial charge in [-0.1, -0.05) is 60.2 Å². The van der Waals surface area contributed by atoms with Gasteiger partial charge in [-0.3, -0.25) is 0 Å². The lowest BCUT2D eigenvalue weighted by molar-refractivity contribution is 0.252. The number of ether oxygens (including phenoxy) is 1. The molecule has 0 N–H and O–H groups in total. The zero-order valence-electron chi connectivity index (χ0n) is 16.2. The van der Waals surface area contributed by atoms with Crippen LogP contribution >= 0.6 is 11.8 Å². The van der Waals surface area contributed by atoms with Crippen molar-refractivity contribution in [2.45, 2.75) is 37.9 Å². The molecule has 0 saturated carbocycles. The van der Waals surface area contributed by atoms with Gasteiger partial charge in [-0.15, -0.1) is 10.2 Å². The van der Waals surface area contributed by atoms with E-state index in [0.29, 0.717) is 28.6 Å². The van der Waals surface area contributed by atoms with Crippen LogP contribution in [0.1, 0.15) is 29.8 Å². The molecule has 2 heterocycles. The smallest absolute Gasteiger partial charge is 0.277 e. The fraction of sp³-hybridized carbons (Fsp3) is 0.238. The van der Waals surface area contributed by atoms with Crippen molar-refractivity contribution in [2.24, 2.45) is 0 Å². The Morgan fingerprint density at radius 3 is 2.69 bits per heavy atom. The van der Waals surface area contributed by atoms with E-state index in [1.54, 1.807) is 0 Å². The zero-order valence-corrected chi connectivity index (χ0v) is 17.0. The maximum absolute atomic E-state index is 5.67. The summed E-state index contributed by atoms with van der Waals surface area (Å²) in [4.78, 5) is 4.43. The van der Waals surface area contributed by atoms with Gasteiger partial charge < -0.3 is 13.7 Å². The summed E-state index contributed by atoms with van der Waals surface area (Å²) in [5.41, 5.74) is 3.33. The highest BCUT2D eigenvalue weighted by molar-refractivity contribution is 7.98. The number of aromatic nitrogens is 4. The van der Waals surface area contributed by atoms with Gasteiger partial charge in [0.1, 0.15) is 5.75 Å². The molecule has 0 spiro atoms. The van der Waals surface area contributed by atoms with Gasteiger partial charge in [-0.05, 0) is 36.6 Å². The van der Waals surface area contributed by atoms with Crippen LogP contribution in [0.5, 0.6) is 5.75 Å². The second-order valence-corrected chi connectivity index (χ2v) is 7.34. The second kappa shape index (κ2) is 8.91. The van der Waals surface area contributed by atoms with Gasteiger partial charge in [-0.25, -0.2) is 0 Å². The van der Waals surface area contributed by atoms with Crippen LogP contribution in [0.2, 0.25) is 0 Å². The highest BCUT2D eigenvalue weighted by Gasteiger charge is 2.12. The first-order chi connectivity index (χ1) is 14.2. The Morgan fingerprint density at radius 1 is 1.03 bits per heavy atom. The first-order valence-corrected chi connectivity index (χ1v) is 10.2. The summed E-state index contributed by atoms with van der Waals surface area (Å²) in [6, 6.07) is 15.9. The van der Waals surface area contributed by atoms with Gasteiger partial charge in [0.25, 0.3) is 11.1 Å². The molecule has 0 bridgehead atoms. The van der Waals surface area contributed by atoms with Gasteiger partial charge in [-0.2, -0.15) is 4.98 Å². The molecule has 7 nitrogen and oxygen atoms in total. The second-order valence-electron chi connectivity index (χ2n) is 6.42. The van der Waals surface area contributed by atoms with Crippen molar-refractivity contribution in [1.82, 2.24) is 20.3 Å². The molecule has 4 aromatic rings. The first kappa shape index (κ1) is 19.2. The summed E-state index contributed by atoms with van der Waals surface area (Å²) >= 11 is 1.34. The molecule has 2 aromatic heterocycles. The number of rotatable bonds is 8. The van der Waals surface area contributed by atoms with E-state index in [2.05, 4.69) is 39.4 Å². The van der Waals surface area contributed by atoms with Crippen molar-refractivity contribution in [3.63, 3.8) is 0 Å². The predicted octanol–water partition coefficient (Wildman–Crippen LogP) is 4.86. The number of hydrogen-bond acceptors (Lipinski definition) is 8. The standard InChI is InChI=1S/C21H20N4O3S/c1-3-15-7-9-16(10-8-15)20-22-19(28-25-20)13-29-21-24-23-18(27-21)12-26-17-6-4-5-14(2)11-17/h4-11H,3,12-13H2,1-2H3. The third kappa shape index (κ3) is 5.03. The van der Waals surface area contributed by atoms with Crippen LogP contribution in [0.3, 0.4) is 0 Å². The van der Waals surface area contributed by atoms with E-state index in [1.807, 2.05) is 43.3 Å². The third-order valence-electron chi connectivity index (χ3n) is 4.21. The van der Waals surface area contributed by atoms with E-state index in [-0.39, 0.29) is 6.61 Å². The summed E-state index contributed by atoms with van der Waals surface area (Å²) in [6.07, 6.45) is 0.997. The van der Waals surface area contributed by atoms with Gasteiger partial charge in [0.2, 0.25) is 11.7 Å². The number of nitrogens with zero attached hydrogens (tertiary/aromatic N) is 4. The average molecular weight is 408 g/mol. The Labute approximate surface area is 172 Å². The van der Waals surface area contributed by atoms with E-state index >= 15 is 0 Å². The molecule has 29 heavy (non-hydrogen) atoms. The Morgan fingerprint density at radius 2 is 1.90 bits per heavy atom. The summed E-state index contributed by atoms with van der Waals surface area (Å²) < 4.78 is 16.6. The highest BCUT2D eigenvalue weighted by Crippen LogP contribution is 2.23. The van der Waals surface area contributed by atoms with Gasteiger partial charge >= 0.3 is 0 Å². The molecular weight excluding hydrogens is 388 g/mol. The molecule has 0 aliphatic rings. The van der Waals surface area contributed by atoms with Gasteiger partial charge in [0.15, 0.2) is 6.61 Å². The van der Waals surface area contributed by atoms with Crippen molar-refractivity contribution in [2.75, 3.05) is 0 Å². The number of hydrogen-bond donors (Lipinski definition) is 0. The molecule has 0 radical (unpaired) electrons. The zero-order chi connectivity index (χ0) is 20.1. The number of aryl methyl sites for hydroxylation is 2. The maximum atomic E-state index is 5.67. The molecule has 0 atom stereocenters. The van der Waals surface area contributed by atoms with Crippen LogP contribution in [0, 0.1) is 6.92 Å². The van der Waals surface area contributed by atoms with Crippen molar-refractivity contribution >= 4 is 11.8 Å². The van der Waals surface area contributed by atoms with Gasteiger partial charge in [0.05, 0.1) is 5.75 Å². The van der Waals surface area contributed by atoms with Crippen LogP contribution < -0.4 is 4.74 Å². The molecule has 0 amide bonds. The highest BCUT2D eigenvalue weighted by atomic mass is 32.2. The van der Waals surface area contributed by atoms with E-state index in [9.17, 15) is 0 Å². The fourth-order valence-electron chi connectivity index (χ4n) is 2.65. The summed E-state index contributed by atoms with van der Waals surface area (Å²) in [6.45, 7) is 4.35. The lowest BCUT2D eigenvalue weighted by atomic mass is 10.1. The summed E-state index contributed by atoms with van der Waals surface area (Å²) in [7, 11) is 0. The van der Waals surface area contributed by atoms with Crippen molar-refractivity contribution in [3.8, 4) is 17.1 Å². The third-order valence-corrected chi connectivity index (χ3v) is 5.01. The monoisotopic (exact) mass is 408 g/mol. The molecule has 0 fully saturated rings. The lowest BCUT2D eigenvalue weighted by Crippen LogP contribution is -1.95. The SMILES string of the molecule is CCc1ccc(-c2noc(CSc3nnc(COc4cccc(C)c4)o3)n2)cc1. The quantitative estimate of drug-likeness (QED) is 0.382. The lowest BCUT2D eigenvalue weighted by Gasteiger charge is -2.03. The minimum atomic E-state index is 0.218. The van der Waals surface area contributed by atoms with Crippen molar-refractivity contribution in [1.29, 1.82) is 0 Å². The molecule has 0 aliphatic carbocycles. The van der Waals surface area contributed by atoms with E-state index in [4.69, 9.17) is 13.7 Å². The fourth-order valence-corrected chi connectivity index (χ4v) is 3.27. The molecule has 0 saturated heterocycles. The normalized spacial score (nSPS) is 11.0. The molecule has 4 rings (SSSR count). The topological polar surface area (TPSA) is 87.1 Å². The maximum Gasteiger partial charge on any atom is 0.277 e. The minimum absolute atomic E-state index is 0.218. The molecule has 148 valence electrons. The van der Waals surface area contributed by atoms with Crippen LogP contribution in [-0.2, 0) is 18.8 Å². The summed E-state index contributed by atoms with van der Waals surface area (Å²) in [5, 5.41) is 12.5. The Hall–Kier alpha value is -3.13. The van der Waals surface area contributed by atoms with Crippen molar-refractivity contribution < 1.29 is 13.7 Å². The molecule has 0 unspecified atom stereocenters. The van der Waals surface area contributed by atoms with Gasteiger partial charge in [0, 0.05) is 5.56 Å². The summed E-state index contributed by atoms with van der Waals surface area (Å²) in [5.74, 6) is 2.70. The Bertz CT molecular complexity index is 1080. The molecule has 0 aliphatic heterocycles. The van der Waals surface area contributed by atoms with E-state index in [1.165, 1.54) is 17.3 Å². The Kier molecular flexibility index (Phi) is 5.90. The van der Waals surface area contributed by atoms with Crippen molar-refractivity contribution in [3.05, 3.63) is 71.4 Å². The van der Waals surface area contributed by atoms with Crippen LogP contribution in [-0.4, -0.2) is 20.3 Å². The minimum Gasteiger partial charge on any atom is -0.484 e. The average Bonchev–Trinajstić information content (AvgIpc) is 3.40. The van der Waals surface area contributed by atoms with Crippen LogP contribution in [0.15, 0.2) is 62.7 Å². The van der Waals surface area contributed by atoms with E-state index in [0.717, 1.165) is 23.3 Å². The van der Waals surface area contributed by atoms with Crippen LogP contribution in [0.4, 0.5) is 0 Å². The molecular formula is C21H20N4O3S. The van der Waals surface area contributed by atoms with Crippen LogP contribution in [0.25, 0.3) is 11.4 Å². The number of benzene rings is 2. The molecule has 8 heteroatoms. The molecule has 2 aromatic carbocycles. The largest absolute Gasteiger partial charge is 0.484 e. The first-order valence-electron chi connectivity index (χ1n) is 9.26. The Balaban J connectivity index is 1.31. The number of thioether (sulfide) groups is 1. The van der Waals surface area contributed by atoms with E-state index < -0.39 is 0 Å². The predicted molar refractivity (Wildman–Crippen MR) is 108 cm³/mol.